The van der Waals surface area contributed by atoms with Gasteiger partial charge in [0.15, 0.2) is 0 Å². The molecule has 0 aliphatic rings. The highest BCUT2D eigenvalue weighted by Crippen LogP contribution is 2.29. The lowest BCUT2D eigenvalue weighted by Gasteiger charge is -2.23. The van der Waals surface area contributed by atoms with Gasteiger partial charge in [0, 0.05) is 16.8 Å². The van der Waals surface area contributed by atoms with Gasteiger partial charge in [-0.15, -0.1) is 11.3 Å². The fourth-order valence-corrected chi connectivity index (χ4v) is 3.38. The predicted octanol–water partition coefficient (Wildman–Crippen LogP) is 2.52. The second kappa shape index (κ2) is 5.50. The number of thiazole rings is 1. The molecule has 1 N–H and O–H groups in total. The average Bonchev–Trinajstić information content (AvgIpc) is 2.70. The van der Waals surface area contributed by atoms with E-state index in [1.54, 1.807) is 29.3 Å². The van der Waals surface area contributed by atoms with Crippen LogP contribution in [-0.4, -0.2) is 22.8 Å². The van der Waals surface area contributed by atoms with Gasteiger partial charge < -0.3 is 5.32 Å². The summed E-state index contributed by atoms with van der Waals surface area (Å²) >= 11 is 3.37. The van der Waals surface area contributed by atoms with Crippen LogP contribution in [0, 0.1) is 11.3 Å². The first kappa shape index (κ1) is 12.5. The highest BCUT2D eigenvalue weighted by molar-refractivity contribution is 8.01. The van der Waals surface area contributed by atoms with Crippen LogP contribution in [0.1, 0.15) is 20.3 Å². The molecule has 2 unspecified atom stereocenters. The van der Waals surface area contributed by atoms with Gasteiger partial charge in [-0.1, -0.05) is 18.7 Å². The van der Waals surface area contributed by atoms with Crippen LogP contribution in [0.5, 0.6) is 0 Å². The molecule has 1 rings (SSSR count). The van der Waals surface area contributed by atoms with E-state index in [1.807, 2.05) is 19.4 Å². The van der Waals surface area contributed by atoms with Gasteiger partial charge in [0.2, 0.25) is 0 Å². The summed E-state index contributed by atoms with van der Waals surface area (Å²) in [4.78, 5) is 4.22. The van der Waals surface area contributed by atoms with Gasteiger partial charge in [-0.25, -0.2) is 4.98 Å². The Bertz CT molecular complexity index is 331. The van der Waals surface area contributed by atoms with Gasteiger partial charge in [-0.3, -0.25) is 0 Å². The van der Waals surface area contributed by atoms with Crippen molar-refractivity contribution >= 4 is 23.1 Å². The van der Waals surface area contributed by atoms with Crippen LogP contribution in [0.4, 0.5) is 0 Å². The van der Waals surface area contributed by atoms with Crippen molar-refractivity contribution in [1.82, 2.24) is 10.3 Å². The minimum atomic E-state index is -0.441. The van der Waals surface area contributed by atoms with Crippen LogP contribution in [0.15, 0.2) is 15.9 Å². The molecule has 3 nitrogen and oxygen atoms in total. The molecule has 0 saturated heterocycles. The van der Waals surface area contributed by atoms with E-state index in [1.165, 1.54) is 0 Å². The summed E-state index contributed by atoms with van der Waals surface area (Å²) in [7, 11) is 1.82. The molecular formula is C10H15N3S2. The molecule has 0 aliphatic heterocycles. The van der Waals surface area contributed by atoms with Gasteiger partial charge in [-0.2, -0.15) is 5.26 Å². The van der Waals surface area contributed by atoms with E-state index in [0.717, 1.165) is 10.8 Å². The van der Waals surface area contributed by atoms with Crippen LogP contribution < -0.4 is 5.32 Å². The normalized spacial score (nSPS) is 16.7. The largest absolute Gasteiger partial charge is 0.303 e. The molecular weight excluding hydrogens is 226 g/mol. The summed E-state index contributed by atoms with van der Waals surface area (Å²) < 4.78 is 1.07. The van der Waals surface area contributed by atoms with Crippen LogP contribution in [-0.2, 0) is 0 Å². The highest BCUT2D eigenvalue weighted by atomic mass is 32.2. The maximum absolute atomic E-state index is 9.03. The van der Waals surface area contributed by atoms with E-state index < -0.39 is 5.54 Å². The molecule has 0 bridgehead atoms. The maximum Gasteiger partial charge on any atom is 0.150 e. The van der Waals surface area contributed by atoms with Gasteiger partial charge >= 0.3 is 0 Å². The van der Waals surface area contributed by atoms with Crippen molar-refractivity contribution in [3.05, 3.63) is 11.6 Å². The SMILES string of the molecule is CNC(C)(C#N)CC(C)Sc1nccs1. The smallest absolute Gasteiger partial charge is 0.150 e. The van der Waals surface area contributed by atoms with Crippen molar-refractivity contribution in [3.63, 3.8) is 0 Å². The standard InChI is InChI=1S/C10H15N3S2/c1-8(6-10(2,7-11)12-3)15-9-13-4-5-14-9/h4-5,8,12H,6H2,1-3H3. The van der Waals surface area contributed by atoms with E-state index in [0.29, 0.717) is 5.25 Å². The molecule has 1 aromatic heterocycles. The van der Waals surface area contributed by atoms with Crippen LogP contribution in [0.3, 0.4) is 0 Å². The second-order valence-corrected chi connectivity index (χ2v) is 6.20. The van der Waals surface area contributed by atoms with Gasteiger partial charge in [0.25, 0.3) is 0 Å². The first-order chi connectivity index (χ1) is 7.09. The number of rotatable bonds is 5. The van der Waals surface area contributed by atoms with Crippen molar-refractivity contribution in [2.24, 2.45) is 0 Å². The molecule has 1 aromatic rings. The summed E-state index contributed by atoms with van der Waals surface area (Å²) in [5.41, 5.74) is -0.441. The van der Waals surface area contributed by atoms with E-state index in [9.17, 15) is 0 Å². The summed E-state index contributed by atoms with van der Waals surface area (Å²) in [5, 5.41) is 14.4. The summed E-state index contributed by atoms with van der Waals surface area (Å²) in [5.74, 6) is 0. The molecule has 0 radical (unpaired) electrons. The molecule has 82 valence electrons. The highest BCUT2D eigenvalue weighted by Gasteiger charge is 2.24. The van der Waals surface area contributed by atoms with E-state index in [4.69, 9.17) is 5.26 Å². The Morgan fingerprint density at radius 3 is 3.00 bits per heavy atom. The first-order valence-corrected chi connectivity index (χ1v) is 6.52. The Morgan fingerprint density at radius 2 is 2.53 bits per heavy atom. The molecule has 1 heterocycles. The number of aromatic nitrogens is 1. The molecule has 0 aromatic carbocycles. The fourth-order valence-electron chi connectivity index (χ4n) is 1.26. The van der Waals surface area contributed by atoms with Crippen LogP contribution in [0.25, 0.3) is 0 Å². The van der Waals surface area contributed by atoms with Crippen molar-refractivity contribution in [1.29, 1.82) is 5.26 Å². The third kappa shape index (κ3) is 3.82. The lowest BCUT2D eigenvalue weighted by molar-refractivity contribution is 0.455. The number of nitriles is 1. The Hall–Kier alpha value is -0.570. The third-order valence-corrected chi connectivity index (χ3v) is 4.22. The summed E-state index contributed by atoms with van der Waals surface area (Å²) in [6.45, 7) is 4.05. The lowest BCUT2D eigenvalue weighted by atomic mass is 9.98. The number of nitrogens with zero attached hydrogens (tertiary/aromatic N) is 2. The van der Waals surface area contributed by atoms with Crippen molar-refractivity contribution in [3.8, 4) is 6.07 Å². The Morgan fingerprint density at radius 1 is 1.80 bits per heavy atom. The summed E-state index contributed by atoms with van der Waals surface area (Å²) in [6, 6.07) is 2.30. The topological polar surface area (TPSA) is 48.7 Å². The molecule has 5 heteroatoms. The molecule has 0 aliphatic carbocycles. The zero-order chi connectivity index (χ0) is 11.3. The van der Waals surface area contributed by atoms with Crippen molar-refractivity contribution < 1.29 is 0 Å². The minimum Gasteiger partial charge on any atom is -0.303 e. The predicted molar refractivity (Wildman–Crippen MR) is 65.1 cm³/mol. The van der Waals surface area contributed by atoms with Gasteiger partial charge in [-0.05, 0) is 20.4 Å². The van der Waals surface area contributed by atoms with Gasteiger partial charge in [0.1, 0.15) is 9.88 Å². The Balaban J connectivity index is 2.49. The molecule has 0 saturated carbocycles. The lowest BCUT2D eigenvalue weighted by Crippen LogP contribution is -2.40. The van der Waals surface area contributed by atoms with Crippen molar-refractivity contribution in [2.45, 2.75) is 35.4 Å². The number of thioether (sulfide) groups is 1. The van der Waals surface area contributed by atoms with E-state index in [2.05, 4.69) is 23.3 Å². The zero-order valence-electron chi connectivity index (χ0n) is 9.15. The van der Waals surface area contributed by atoms with Gasteiger partial charge in [0.05, 0.1) is 6.07 Å². The second-order valence-electron chi connectivity index (χ2n) is 3.62. The molecule has 0 fully saturated rings. The maximum atomic E-state index is 9.03. The monoisotopic (exact) mass is 241 g/mol. The third-order valence-electron chi connectivity index (χ3n) is 2.21. The number of nitrogens with one attached hydrogen (secondary N) is 1. The van der Waals surface area contributed by atoms with Crippen molar-refractivity contribution in [2.75, 3.05) is 7.05 Å². The molecule has 0 spiro atoms. The Kier molecular flexibility index (Phi) is 4.58. The minimum absolute atomic E-state index is 0.383. The fraction of sp³-hybridized carbons (Fsp3) is 0.600. The summed E-state index contributed by atoms with van der Waals surface area (Å²) in [6.07, 6.45) is 2.62. The number of hydrogen-bond acceptors (Lipinski definition) is 5. The van der Waals surface area contributed by atoms with Crippen LogP contribution >= 0.6 is 23.1 Å². The number of hydrogen-bond donors (Lipinski definition) is 1. The zero-order valence-corrected chi connectivity index (χ0v) is 10.8. The van der Waals surface area contributed by atoms with Crippen LogP contribution in [0.2, 0.25) is 0 Å². The first-order valence-electron chi connectivity index (χ1n) is 4.76. The molecule has 15 heavy (non-hydrogen) atoms. The molecule has 2 atom stereocenters. The van der Waals surface area contributed by atoms with E-state index >= 15 is 0 Å². The Labute approximate surface area is 98.9 Å². The molecule has 0 amide bonds. The quantitative estimate of drug-likeness (QED) is 0.805. The average molecular weight is 241 g/mol. The van der Waals surface area contributed by atoms with E-state index in [-0.39, 0.29) is 0 Å².